The molecule has 0 aliphatic carbocycles. The summed E-state index contributed by atoms with van der Waals surface area (Å²) >= 11 is 9.86. The summed E-state index contributed by atoms with van der Waals surface area (Å²) in [7, 11) is 1.99. The maximum absolute atomic E-state index is 6.26. The molecule has 0 aliphatic rings. The fourth-order valence-electron chi connectivity index (χ4n) is 2.05. The molecular weight excluding hydrogens is 288 g/mol. The van der Waals surface area contributed by atoms with Crippen molar-refractivity contribution in [3.05, 3.63) is 15.9 Å². The lowest BCUT2D eigenvalue weighted by Gasteiger charge is -2.23. The van der Waals surface area contributed by atoms with E-state index in [1.54, 1.807) is 0 Å². The molecule has 0 fully saturated rings. The third-order valence-corrected chi connectivity index (χ3v) is 4.49. The van der Waals surface area contributed by atoms with E-state index in [0.717, 1.165) is 16.6 Å². The topological polar surface area (TPSA) is 17.8 Å². The second kappa shape index (κ2) is 5.54. The van der Waals surface area contributed by atoms with Crippen LogP contribution in [0, 0.1) is 18.8 Å². The first-order valence-electron chi connectivity index (χ1n) is 5.66. The summed E-state index contributed by atoms with van der Waals surface area (Å²) in [6, 6.07) is 0. The number of alkyl halides is 1. The minimum Gasteiger partial charge on any atom is -0.271 e. The maximum atomic E-state index is 6.26. The van der Waals surface area contributed by atoms with Crippen molar-refractivity contribution >= 4 is 27.5 Å². The molecule has 0 bridgehead atoms. The molecule has 0 radical (unpaired) electrons. The summed E-state index contributed by atoms with van der Waals surface area (Å²) in [4.78, 5) is 0. The van der Waals surface area contributed by atoms with Gasteiger partial charge in [-0.15, -0.1) is 11.6 Å². The highest BCUT2D eigenvalue weighted by molar-refractivity contribution is 9.10. The Hall–Kier alpha value is -0.0200. The molecular formula is C12H20BrClN2. The third kappa shape index (κ3) is 3.01. The van der Waals surface area contributed by atoms with Crippen LogP contribution >= 0.6 is 27.5 Å². The Kier molecular flexibility index (Phi) is 4.87. The zero-order chi connectivity index (χ0) is 12.5. The van der Waals surface area contributed by atoms with E-state index in [1.165, 1.54) is 5.69 Å². The molecule has 0 saturated carbocycles. The van der Waals surface area contributed by atoms with Gasteiger partial charge in [-0.25, -0.2) is 0 Å². The number of aromatic nitrogens is 2. The van der Waals surface area contributed by atoms with Gasteiger partial charge in [0.1, 0.15) is 0 Å². The van der Waals surface area contributed by atoms with Gasteiger partial charge in [-0.3, -0.25) is 4.68 Å². The third-order valence-electron chi connectivity index (χ3n) is 3.14. The highest BCUT2D eigenvalue weighted by atomic mass is 79.9. The van der Waals surface area contributed by atoms with Crippen LogP contribution in [0.4, 0.5) is 0 Å². The van der Waals surface area contributed by atoms with E-state index in [0.29, 0.717) is 11.8 Å². The quantitative estimate of drug-likeness (QED) is 0.771. The second-order valence-corrected chi connectivity index (χ2v) is 6.24. The largest absolute Gasteiger partial charge is 0.271 e. The zero-order valence-corrected chi connectivity index (χ0v) is 12.9. The van der Waals surface area contributed by atoms with Gasteiger partial charge in [0, 0.05) is 12.4 Å². The molecule has 0 N–H and O–H groups in total. The van der Waals surface area contributed by atoms with Crippen LogP contribution in [0.15, 0.2) is 4.47 Å². The number of hydrogen-bond acceptors (Lipinski definition) is 1. The Morgan fingerprint density at radius 1 is 1.38 bits per heavy atom. The molecule has 4 heteroatoms. The summed E-state index contributed by atoms with van der Waals surface area (Å²) in [6.45, 7) is 8.53. The molecule has 92 valence electrons. The molecule has 1 rings (SSSR count). The molecule has 2 atom stereocenters. The van der Waals surface area contributed by atoms with Crippen LogP contribution in [0.5, 0.6) is 0 Å². The van der Waals surface area contributed by atoms with E-state index >= 15 is 0 Å². The van der Waals surface area contributed by atoms with Crippen molar-refractivity contribution in [3.8, 4) is 0 Å². The van der Waals surface area contributed by atoms with Crippen LogP contribution in [0.2, 0.25) is 0 Å². The van der Waals surface area contributed by atoms with Gasteiger partial charge in [-0.2, -0.15) is 5.10 Å². The number of aryl methyl sites for hydroxylation is 2. The van der Waals surface area contributed by atoms with Gasteiger partial charge in [0.15, 0.2) is 0 Å². The first-order chi connectivity index (χ1) is 7.34. The predicted octanol–water partition coefficient (Wildman–Crippen LogP) is 3.93. The van der Waals surface area contributed by atoms with E-state index in [2.05, 4.69) is 41.8 Å². The number of hydrogen-bond donors (Lipinski definition) is 0. The van der Waals surface area contributed by atoms with Crippen molar-refractivity contribution in [2.45, 2.75) is 39.5 Å². The highest BCUT2D eigenvalue weighted by Crippen LogP contribution is 2.29. The molecule has 0 spiro atoms. The van der Waals surface area contributed by atoms with Crippen LogP contribution in [-0.4, -0.2) is 15.2 Å². The monoisotopic (exact) mass is 306 g/mol. The van der Waals surface area contributed by atoms with Gasteiger partial charge < -0.3 is 0 Å². The molecule has 2 nitrogen and oxygen atoms in total. The van der Waals surface area contributed by atoms with Crippen LogP contribution < -0.4 is 0 Å². The average molecular weight is 308 g/mol. The minimum atomic E-state index is 0.183. The fourth-order valence-corrected chi connectivity index (χ4v) is 2.93. The zero-order valence-electron chi connectivity index (χ0n) is 10.6. The Balaban J connectivity index is 2.93. The van der Waals surface area contributed by atoms with Gasteiger partial charge >= 0.3 is 0 Å². The van der Waals surface area contributed by atoms with Crippen molar-refractivity contribution in [2.24, 2.45) is 18.9 Å². The minimum absolute atomic E-state index is 0.183. The lowest BCUT2D eigenvalue weighted by molar-refractivity contribution is 0.368. The van der Waals surface area contributed by atoms with Crippen molar-refractivity contribution in [1.29, 1.82) is 0 Å². The number of rotatable bonds is 4. The van der Waals surface area contributed by atoms with Gasteiger partial charge in [0.25, 0.3) is 0 Å². The van der Waals surface area contributed by atoms with E-state index < -0.39 is 0 Å². The van der Waals surface area contributed by atoms with Crippen LogP contribution in [0.1, 0.15) is 32.2 Å². The predicted molar refractivity (Wildman–Crippen MR) is 73.0 cm³/mol. The number of nitrogens with zero attached hydrogens (tertiary/aromatic N) is 2. The Bertz CT molecular complexity index is 350. The molecule has 0 amide bonds. The first-order valence-corrected chi connectivity index (χ1v) is 6.89. The lowest BCUT2D eigenvalue weighted by Crippen LogP contribution is -2.22. The molecule has 0 aromatic carbocycles. The standard InChI is InChI=1S/C12H20BrClN2/c1-7(2)10(8(3)14)6-11-12(13)9(4)15-16(11)5/h7-8,10H,6H2,1-5H3. The van der Waals surface area contributed by atoms with Gasteiger partial charge in [0.2, 0.25) is 0 Å². The van der Waals surface area contributed by atoms with E-state index in [4.69, 9.17) is 11.6 Å². The summed E-state index contributed by atoms with van der Waals surface area (Å²) in [5.41, 5.74) is 2.28. The Morgan fingerprint density at radius 2 is 1.94 bits per heavy atom. The van der Waals surface area contributed by atoms with Gasteiger partial charge in [-0.05, 0) is 48.0 Å². The molecule has 2 unspecified atom stereocenters. The number of halogens is 2. The summed E-state index contributed by atoms with van der Waals surface area (Å²) < 4.78 is 3.08. The fraction of sp³-hybridized carbons (Fsp3) is 0.750. The average Bonchev–Trinajstić information content (AvgIpc) is 2.38. The maximum Gasteiger partial charge on any atom is 0.0738 e. The smallest absolute Gasteiger partial charge is 0.0738 e. The van der Waals surface area contributed by atoms with Crippen molar-refractivity contribution in [3.63, 3.8) is 0 Å². The normalized spacial score (nSPS) is 15.5. The van der Waals surface area contributed by atoms with Gasteiger partial charge in [-0.1, -0.05) is 13.8 Å². The molecule has 0 saturated heterocycles. The van der Waals surface area contributed by atoms with E-state index in [-0.39, 0.29) is 5.38 Å². The molecule has 1 aromatic heterocycles. The molecule has 0 aliphatic heterocycles. The Labute approximate surface area is 111 Å². The lowest BCUT2D eigenvalue weighted by atomic mass is 9.88. The Morgan fingerprint density at radius 3 is 2.25 bits per heavy atom. The highest BCUT2D eigenvalue weighted by Gasteiger charge is 2.23. The molecule has 1 heterocycles. The van der Waals surface area contributed by atoms with Gasteiger partial charge in [0.05, 0.1) is 15.9 Å². The van der Waals surface area contributed by atoms with Crippen molar-refractivity contribution in [1.82, 2.24) is 9.78 Å². The SMILES string of the molecule is Cc1nn(C)c(CC(C(C)C)C(C)Cl)c1Br. The summed E-state index contributed by atoms with van der Waals surface area (Å²) in [6.07, 6.45) is 0.972. The second-order valence-electron chi connectivity index (χ2n) is 4.76. The summed E-state index contributed by atoms with van der Waals surface area (Å²) in [5, 5.41) is 4.59. The van der Waals surface area contributed by atoms with E-state index in [1.807, 2.05) is 18.7 Å². The van der Waals surface area contributed by atoms with Crippen LogP contribution in [0.25, 0.3) is 0 Å². The van der Waals surface area contributed by atoms with Crippen LogP contribution in [-0.2, 0) is 13.5 Å². The first kappa shape index (κ1) is 14.0. The van der Waals surface area contributed by atoms with Crippen molar-refractivity contribution < 1.29 is 0 Å². The van der Waals surface area contributed by atoms with Crippen molar-refractivity contribution in [2.75, 3.05) is 0 Å². The van der Waals surface area contributed by atoms with Crippen LogP contribution in [0.3, 0.4) is 0 Å². The molecule has 16 heavy (non-hydrogen) atoms. The summed E-state index contributed by atoms with van der Waals surface area (Å²) in [5.74, 6) is 1.06. The van der Waals surface area contributed by atoms with E-state index in [9.17, 15) is 0 Å². The molecule has 1 aromatic rings.